The van der Waals surface area contributed by atoms with Crippen LogP contribution in [0.3, 0.4) is 0 Å². The van der Waals surface area contributed by atoms with E-state index in [1.54, 1.807) is 0 Å². The fourth-order valence-electron chi connectivity index (χ4n) is 4.16. The number of aromatic nitrogens is 1. The first-order valence-electron chi connectivity index (χ1n) is 9.60. The van der Waals surface area contributed by atoms with Gasteiger partial charge < -0.3 is 30.8 Å². The molecule has 0 saturated carbocycles. The summed E-state index contributed by atoms with van der Waals surface area (Å²) in [5, 5.41) is 23.6. The van der Waals surface area contributed by atoms with Gasteiger partial charge in [-0.05, 0) is 0 Å². The highest BCUT2D eigenvalue weighted by molar-refractivity contribution is 7.86. The maximum atomic E-state index is 13.1. The van der Waals surface area contributed by atoms with Gasteiger partial charge in [-0.15, -0.1) is 11.3 Å². The number of anilines is 1. The molecule has 1 aromatic rings. The molecule has 3 fully saturated rings. The zero-order valence-electron chi connectivity index (χ0n) is 17.2. The second-order valence-electron chi connectivity index (χ2n) is 7.55. The predicted octanol–water partition coefficient (Wildman–Crippen LogP) is -2.32. The number of carboxylic acid groups (broad SMARTS) is 2. The molecule has 1 unspecified atom stereocenters. The zero-order valence-corrected chi connectivity index (χ0v) is 18.8. The van der Waals surface area contributed by atoms with E-state index in [1.807, 2.05) is 0 Å². The van der Waals surface area contributed by atoms with E-state index in [0.717, 1.165) is 16.2 Å². The molecule has 2 amide bonds. The lowest BCUT2D eigenvalue weighted by Gasteiger charge is -2.57. The number of amides is 2. The zero-order chi connectivity index (χ0) is 24.9. The number of hydrogen-bond acceptors (Lipinski definition) is 12. The molecular weight excluding hydrogens is 498 g/mol. The molecule has 1 aromatic heterocycles. The summed E-state index contributed by atoms with van der Waals surface area (Å²) in [6, 6.07) is -1.44. The van der Waals surface area contributed by atoms with E-state index in [9.17, 15) is 33.3 Å². The minimum Gasteiger partial charge on any atom is -0.479 e. The van der Waals surface area contributed by atoms with Gasteiger partial charge in [0.1, 0.15) is 17.1 Å². The summed E-state index contributed by atoms with van der Waals surface area (Å²) in [4.78, 5) is 69.9. The highest BCUT2D eigenvalue weighted by Gasteiger charge is 2.75. The average Bonchev–Trinajstić information content (AvgIpc) is 3.34. The normalized spacial score (nSPS) is 32.2. The number of thiazole rings is 1. The second kappa shape index (κ2) is 8.32. The van der Waals surface area contributed by atoms with Crippen molar-refractivity contribution in [2.24, 2.45) is 11.1 Å². The van der Waals surface area contributed by atoms with E-state index in [1.165, 1.54) is 12.3 Å². The lowest BCUT2D eigenvalue weighted by atomic mass is 9.86. The van der Waals surface area contributed by atoms with Gasteiger partial charge in [-0.2, -0.15) is 0 Å². The molecule has 3 aliphatic heterocycles. The Morgan fingerprint density at radius 3 is 2.74 bits per heavy atom. The second-order valence-corrected chi connectivity index (χ2v) is 10.3. The lowest BCUT2D eigenvalue weighted by Crippen LogP contribution is -2.84. The Bertz CT molecular complexity index is 1170. The molecule has 0 aliphatic carbocycles. The van der Waals surface area contributed by atoms with Crippen molar-refractivity contribution in [1.82, 2.24) is 15.2 Å². The highest BCUT2D eigenvalue weighted by atomic mass is 32.2. The minimum atomic E-state index is -2.32. The van der Waals surface area contributed by atoms with Crippen LogP contribution in [-0.2, 0) is 44.3 Å². The number of nitrogens with two attached hydrogens (primary N) is 1. The average molecular weight is 515 g/mol. The van der Waals surface area contributed by atoms with Crippen LogP contribution in [0.1, 0.15) is 19.0 Å². The number of fused-ring (bicyclic) bond motifs is 3. The molecule has 182 valence electrons. The van der Waals surface area contributed by atoms with Crippen molar-refractivity contribution < 1.29 is 48.0 Å². The van der Waals surface area contributed by atoms with Crippen LogP contribution >= 0.6 is 11.3 Å². The molecule has 5 N–H and O–H groups in total. The number of esters is 1. The summed E-state index contributed by atoms with van der Waals surface area (Å²) in [6.45, 7) is 0.606. The number of nitrogen functional groups attached to an aromatic ring is 1. The van der Waals surface area contributed by atoms with E-state index in [4.69, 9.17) is 15.6 Å². The van der Waals surface area contributed by atoms with Crippen molar-refractivity contribution in [2.45, 2.75) is 35.7 Å². The van der Waals surface area contributed by atoms with Crippen LogP contribution in [0.5, 0.6) is 0 Å². The Morgan fingerprint density at radius 2 is 2.15 bits per heavy atom. The number of oxime groups is 1. The first-order valence-corrected chi connectivity index (χ1v) is 11.8. The van der Waals surface area contributed by atoms with Crippen molar-refractivity contribution in [3.63, 3.8) is 0 Å². The Balaban J connectivity index is 1.62. The first-order chi connectivity index (χ1) is 16.0. The number of rotatable bonds is 7. The smallest absolute Gasteiger partial charge is 0.370 e. The summed E-state index contributed by atoms with van der Waals surface area (Å²) in [5.74, 6) is -6.79. The standard InChI is InChI=1S/C17H17N5O10S2/c1-5-6-2-9(25)32-17(6,15(28)29)22-13(27)11(14(22)34(5)30)20-12(26)10(21-31-3-8(23)24)7-4-33-16(18)19-7/h4-6,11,14H,2-3H2,1H3,(H2,18,19)(H,20,26)(H,23,24)(H,28,29)/b21-10-/t5-,6-,11+,14+,17+,34?/m0/s1. The van der Waals surface area contributed by atoms with Crippen LogP contribution < -0.4 is 11.1 Å². The van der Waals surface area contributed by atoms with E-state index < -0.39 is 81.1 Å². The van der Waals surface area contributed by atoms with Gasteiger partial charge in [0.15, 0.2) is 10.8 Å². The van der Waals surface area contributed by atoms with Gasteiger partial charge in [-0.1, -0.05) is 12.1 Å². The molecule has 6 atom stereocenters. The van der Waals surface area contributed by atoms with E-state index in [0.29, 0.717) is 0 Å². The van der Waals surface area contributed by atoms with Gasteiger partial charge in [-0.25, -0.2) is 14.6 Å². The molecule has 4 rings (SSSR count). The third-order valence-corrected chi connectivity index (χ3v) is 8.34. The summed E-state index contributed by atoms with van der Waals surface area (Å²) < 4.78 is 18.2. The van der Waals surface area contributed by atoms with Crippen LogP contribution in [0.25, 0.3) is 0 Å². The van der Waals surface area contributed by atoms with Crippen molar-refractivity contribution >= 4 is 62.7 Å². The molecule has 0 radical (unpaired) electrons. The Kier molecular flexibility index (Phi) is 5.76. The number of aliphatic carboxylic acids is 2. The first kappa shape index (κ1) is 23.6. The fraction of sp³-hybridized carbons (Fsp3) is 0.471. The summed E-state index contributed by atoms with van der Waals surface area (Å²) >= 11 is 0.958. The van der Waals surface area contributed by atoms with Crippen LogP contribution in [0.2, 0.25) is 0 Å². The maximum absolute atomic E-state index is 13.1. The lowest BCUT2D eigenvalue weighted by molar-refractivity contribution is -0.218. The summed E-state index contributed by atoms with van der Waals surface area (Å²) in [7, 11) is -1.86. The summed E-state index contributed by atoms with van der Waals surface area (Å²) in [6.07, 6.45) is -0.324. The summed E-state index contributed by atoms with van der Waals surface area (Å²) in [5.41, 5.74) is 2.67. The van der Waals surface area contributed by atoms with Gasteiger partial charge in [0.2, 0.25) is 6.61 Å². The third kappa shape index (κ3) is 3.47. The monoisotopic (exact) mass is 515 g/mol. The number of carbonyl (C=O) groups excluding carboxylic acids is 3. The SMILES string of the molecule is C[C@H]1[C@@H]2CC(=O)O[C@]2(C(=O)O)N2C(=O)[C@@H](NC(=O)/C(=N\OCC(=O)O)c3csc(N)n3)[C@H]2S1=O. The molecular formula is C17H17N5O10S2. The molecule has 0 spiro atoms. The molecule has 0 bridgehead atoms. The third-order valence-electron chi connectivity index (χ3n) is 5.65. The van der Waals surface area contributed by atoms with Gasteiger partial charge in [0.05, 0.1) is 23.1 Å². The minimum absolute atomic E-state index is 0.0688. The number of nitrogens with one attached hydrogen (secondary N) is 1. The fourth-order valence-corrected chi connectivity index (χ4v) is 6.67. The highest BCUT2D eigenvalue weighted by Crippen LogP contribution is 2.50. The van der Waals surface area contributed by atoms with Crippen LogP contribution in [0.15, 0.2) is 10.5 Å². The molecule has 0 aromatic carbocycles. The molecule has 15 nitrogen and oxygen atoms in total. The number of nitrogens with zero attached hydrogens (tertiary/aromatic N) is 3. The van der Waals surface area contributed by atoms with E-state index >= 15 is 0 Å². The van der Waals surface area contributed by atoms with Crippen molar-refractivity contribution in [1.29, 1.82) is 0 Å². The predicted molar refractivity (Wildman–Crippen MR) is 111 cm³/mol. The van der Waals surface area contributed by atoms with Crippen LogP contribution in [0, 0.1) is 5.92 Å². The maximum Gasteiger partial charge on any atom is 0.370 e. The van der Waals surface area contributed by atoms with Gasteiger partial charge in [0, 0.05) is 10.6 Å². The Morgan fingerprint density at radius 1 is 1.44 bits per heavy atom. The molecule has 4 heterocycles. The number of carbonyl (C=O) groups is 5. The largest absolute Gasteiger partial charge is 0.479 e. The molecule has 3 aliphatic rings. The Labute approximate surface area is 196 Å². The number of ether oxygens (including phenoxy) is 1. The Hall–Kier alpha value is -3.60. The van der Waals surface area contributed by atoms with E-state index in [2.05, 4.69) is 20.3 Å². The quantitative estimate of drug-likeness (QED) is 0.130. The molecule has 17 heteroatoms. The van der Waals surface area contributed by atoms with Crippen LogP contribution in [-0.4, -0.2) is 88.7 Å². The number of β-lactam (4-membered cyclic amide) rings is 1. The van der Waals surface area contributed by atoms with Gasteiger partial charge >= 0.3 is 17.9 Å². The van der Waals surface area contributed by atoms with Crippen LogP contribution in [0.4, 0.5) is 5.13 Å². The number of hydrogen-bond donors (Lipinski definition) is 4. The van der Waals surface area contributed by atoms with Crippen molar-refractivity contribution in [2.75, 3.05) is 12.3 Å². The van der Waals surface area contributed by atoms with Crippen molar-refractivity contribution in [3.8, 4) is 0 Å². The van der Waals surface area contributed by atoms with Gasteiger partial charge in [0.25, 0.3) is 17.5 Å². The molecule has 3 saturated heterocycles. The number of carboxylic acids is 2. The van der Waals surface area contributed by atoms with E-state index in [-0.39, 0.29) is 17.2 Å². The van der Waals surface area contributed by atoms with Gasteiger partial charge in [-0.3, -0.25) is 23.5 Å². The van der Waals surface area contributed by atoms with Crippen molar-refractivity contribution in [3.05, 3.63) is 11.1 Å². The topological polar surface area (TPSA) is 228 Å². The molecule has 34 heavy (non-hydrogen) atoms.